The summed E-state index contributed by atoms with van der Waals surface area (Å²) in [5.41, 5.74) is 2.98. The Bertz CT molecular complexity index is 246. The Labute approximate surface area is 67.5 Å². The number of hydrogen-bond acceptors (Lipinski definition) is 1. The van der Waals surface area contributed by atoms with E-state index in [1.165, 1.54) is 11.1 Å². The molecule has 1 aliphatic heterocycles. The largest absolute Gasteiger partial charge is 0.384 e. The molecule has 0 amide bonds. The van der Waals surface area contributed by atoms with Crippen molar-refractivity contribution in [3.63, 3.8) is 0 Å². The van der Waals surface area contributed by atoms with Gasteiger partial charge in [-0.3, -0.25) is 0 Å². The molecule has 1 heteroatoms. The van der Waals surface area contributed by atoms with Crippen molar-refractivity contribution < 1.29 is 0 Å². The SMILES string of the molecule is CCC1=C2C=CNC2CC=C1. The molecule has 2 rings (SSSR count). The predicted molar refractivity (Wildman–Crippen MR) is 47.1 cm³/mol. The summed E-state index contributed by atoms with van der Waals surface area (Å²) < 4.78 is 0. The third-order valence-electron chi connectivity index (χ3n) is 2.38. The van der Waals surface area contributed by atoms with Gasteiger partial charge in [-0.25, -0.2) is 0 Å². The van der Waals surface area contributed by atoms with Crippen LogP contribution in [0.4, 0.5) is 0 Å². The minimum absolute atomic E-state index is 0.579. The lowest BCUT2D eigenvalue weighted by Gasteiger charge is -2.17. The number of hydrogen-bond donors (Lipinski definition) is 1. The van der Waals surface area contributed by atoms with Crippen LogP contribution in [0.3, 0.4) is 0 Å². The summed E-state index contributed by atoms with van der Waals surface area (Å²) in [5, 5.41) is 3.33. The molecule has 1 nitrogen and oxygen atoms in total. The Hall–Kier alpha value is -0.980. The maximum Gasteiger partial charge on any atom is 0.0546 e. The molecule has 1 unspecified atom stereocenters. The number of allylic oxidation sites excluding steroid dienone is 2. The van der Waals surface area contributed by atoms with Gasteiger partial charge in [0, 0.05) is 0 Å². The number of rotatable bonds is 1. The lowest BCUT2D eigenvalue weighted by atomic mass is 9.93. The van der Waals surface area contributed by atoms with E-state index in [4.69, 9.17) is 0 Å². The monoisotopic (exact) mass is 147 g/mol. The van der Waals surface area contributed by atoms with Gasteiger partial charge in [0.2, 0.25) is 0 Å². The molecule has 0 fully saturated rings. The second-order valence-electron chi connectivity index (χ2n) is 3.02. The Morgan fingerprint density at radius 3 is 3.27 bits per heavy atom. The van der Waals surface area contributed by atoms with E-state index < -0.39 is 0 Å². The summed E-state index contributed by atoms with van der Waals surface area (Å²) in [7, 11) is 0. The van der Waals surface area contributed by atoms with Crippen LogP contribution in [-0.4, -0.2) is 6.04 Å². The fourth-order valence-corrected chi connectivity index (χ4v) is 1.75. The molecule has 0 saturated heterocycles. The standard InChI is InChI=1S/C10H13N/c1-2-8-4-3-5-10-9(8)6-7-11-10/h3-4,6-7,10-11H,2,5H2,1H3. The first-order valence-corrected chi connectivity index (χ1v) is 4.24. The van der Waals surface area contributed by atoms with Gasteiger partial charge in [-0.1, -0.05) is 19.1 Å². The van der Waals surface area contributed by atoms with Crippen LogP contribution in [0.5, 0.6) is 0 Å². The molecule has 0 saturated carbocycles. The maximum absolute atomic E-state index is 3.33. The van der Waals surface area contributed by atoms with Crippen molar-refractivity contribution in [2.24, 2.45) is 0 Å². The van der Waals surface area contributed by atoms with Crippen LogP contribution in [0.1, 0.15) is 19.8 Å². The van der Waals surface area contributed by atoms with Crippen molar-refractivity contribution in [2.75, 3.05) is 0 Å². The van der Waals surface area contributed by atoms with E-state index in [0.717, 1.165) is 12.8 Å². The molecule has 2 aliphatic rings. The summed E-state index contributed by atoms with van der Waals surface area (Å²) in [4.78, 5) is 0. The van der Waals surface area contributed by atoms with Gasteiger partial charge in [0.1, 0.15) is 0 Å². The van der Waals surface area contributed by atoms with Crippen LogP contribution in [0.15, 0.2) is 35.6 Å². The summed E-state index contributed by atoms with van der Waals surface area (Å²) in [5.74, 6) is 0. The molecule has 0 radical (unpaired) electrons. The highest BCUT2D eigenvalue weighted by molar-refractivity contribution is 5.43. The molecular formula is C10H13N. The zero-order chi connectivity index (χ0) is 7.68. The molecular weight excluding hydrogens is 134 g/mol. The highest BCUT2D eigenvalue weighted by Gasteiger charge is 2.18. The maximum atomic E-state index is 3.33. The molecule has 58 valence electrons. The first-order valence-electron chi connectivity index (χ1n) is 4.24. The smallest absolute Gasteiger partial charge is 0.0546 e. The van der Waals surface area contributed by atoms with E-state index in [9.17, 15) is 0 Å². The molecule has 0 aromatic heterocycles. The normalized spacial score (nSPS) is 27.2. The molecule has 1 N–H and O–H groups in total. The molecule has 1 heterocycles. The van der Waals surface area contributed by atoms with E-state index >= 15 is 0 Å². The van der Waals surface area contributed by atoms with Crippen LogP contribution in [0, 0.1) is 0 Å². The van der Waals surface area contributed by atoms with Crippen molar-refractivity contribution >= 4 is 0 Å². The average Bonchev–Trinajstić information content (AvgIpc) is 2.50. The summed E-state index contributed by atoms with van der Waals surface area (Å²) in [6.45, 7) is 2.21. The van der Waals surface area contributed by atoms with Crippen LogP contribution in [0.2, 0.25) is 0 Å². The molecule has 0 aromatic rings. The van der Waals surface area contributed by atoms with Crippen molar-refractivity contribution in [3.8, 4) is 0 Å². The van der Waals surface area contributed by atoms with Crippen LogP contribution < -0.4 is 5.32 Å². The third-order valence-corrected chi connectivity index (χ3v) is 2.38. The Morgan fingerprint density at radius 2 is 2.45 bits per heavy atom. The van der Waals surface area contributed by atoms with Gasteiger partial charge in [-0.15, -0.1) is 0 Å². The zero-order valence-electron chi connectivity index (χ0n) is 6.80. The number of nitrogens with one attached hydrogen (secondary N) is 1. The Kier molecular flexibility index (Phi) is 1.57. The Balaban J connectivity index is 2.36. The van der Waals surface area contributed by atoms with E-state index in [1.54, 1.807) is 0 Å². The molecule has 0 bridgehead atoms. The summed E-state index contributed by atoms with van der Waals surface area (Å²) in [6.07, 6.45) is 11.1. The average molecular weight is 147 g/mol. The number of fused-ring (bicyclic) bond motifs is 1. The van der Waals surface area contributed by atoms with Gasteiger partial charge in [0.05, 0.1) is 6.04 Å². The summed E-state index contributed by atoms with van der Waals surface area (Å²) in [6, 6.07) is 0.579. The summed E-state index contributed by atoms with van der Waals surface area (Å²) >= 11 is 0. The molecule has 1 aliphatic carbocycles. The second kappa shape index (κ2) is 2.57. The lowest BCUT2D eigenvalue weighted by molar-refractivity contribution is 0.698. The fourth-order valence-electron chi connectivity index (χ4n) is 1.75. The van der Waals surface area contributed by atoms with Crippen molar-refractivity contribution in [3.05, 3.63) is 35.6 Å². The first-order chi connectivity index (χ1) is 5.42. The minimum Gasteiger partial charge on any atom is -0.384 e. The van der Waals surface area contributed by atoms with E-state index in [1.807, 2.05) is 0 Å². The van der Waals surface area contributed by atoms with Crippen LogP contribution in [-0.2, 0) is 0 Å². The second-order valence-corrected chi connectivity index (χ2v) is 3.02. The zero-order valence-corrected chi connectivity index (χ0v) is 6.80. The minimum atomic E-state index is 0.579. The van der Waals surface area contributed by atoms with Gasteiger partial charge in [-0.05, 0) is 36.3 Å². The highest BCUT2D eigenvalue weighted by atomic mass is 14.9. The van der Waals surface area contributed by atoms with E-state index in [2.05, 4.69) is 36.7 Å². The van der Waals surface area contributed by atoms with Gasteiger partial charge >= 0.3 is 0 Å². The highest BCUT2D eigenvalue weighted by Crippen LogP contribution is 2.25. The molecule has 0 aromatic carbocycles. The molecule has 0 spiro atoms. The van der Waals surface area contributed by atoms with Crippen molar-refractivity contribution in [1.29, 1.82) is 0 Å². The third kappa shape index (κ3) is 1.01. The van der Waals surface area contributed by atoms with Crippen LogP contribution in [0.25, 0.3) is 0 Å². The van der Waals surface area contributed by atoms with Gasteiger partial charge in [-0.2, -0.15) is 0 Å². The van der Waals surface area contributed by atoms with Gasteiger partial charge in [0.25, 0.3) is 0 Å². The van der Waals surface area contributed by atoms with Crippen molar-refractivity contribution in [1.82, 2.24) is 5.32 Å². The van der Waals surface area contributed by atoms with Crippen LogP contribution >= 0.6 is 0 Å². The van der Waals surface area contributed by atoms with E-state index in [-0.39, 0.29) is 0 Å². The molecule has 1 atom stereocenters. The molecule has 11 heavy (non-hydrogen) atoms. The van der Waals surface area contributed by atoms with Gasteiger partial charge in [0.15, 0.2) is 0 Å². The quantitative estimate of drug-likeness (QED) is 0.599. The lowest BCUT2D eigenvalue weighted by Crippen LogP contribution is -2.22. The first kappa shape index (κ1) is 6.71. The van der Waals surface area contributed by atoms with E-state index in [0.29, 0.717) is 6.04 Å². The van der Waals surface area contributed by atoms with Crippen molar-refractivity contribution in [2.45, 2.75) is 25.8 Å². The topological polar surface area (TPSA) is 12.0 Å². The fraction of sp³-hybridized carbons (Fsp3) is 0.400. The van der Waals surface area contributed by atoms with Gasteiger partial charge < -0.3 is 5.32 Å². The predicted octanol–water partition coefficient (Wildman–Crippen LogP) is 2.14. The Morgan fingerprint density at radius 1 is 1.55 bits per heavy atom.